The molecule has 1 N–H and O–H groups in total. The Morgan fingerprint density at radius 3 is 2.53 bits per heavy atom. The molecule has 0 aliphatic carbocycles. The van der Waals surface area contributed by atoms with Gasteiger partial charge in [0, 0.05) is 23.3 Å². The number of benzene rings is 1. The van der Waals surface area contributed by atoms with E-state index in [1.807, 2.05) is 24.4 Å². The van der Waals surface area contributed by atoms with E-state index < -0.39 is 6.10 Å². The van der Waals surface area contributed by atoms with Crippen LogP contribution in [0.2, 0.25) is 0 Å². The summed E-state index contributed by atoms with van der Waals surface area (Å²) in [7, 11) is 0. The van der Waals surface area contributed by atoms with Crippen LogP contribution in [0.4, 0.5) is 0 Å². The van der Waals surface area contributed by atoms with E-state index in [9.17, 15) is 5.11 Å². The van der Waals surface area contributed by atoms with Crippen LogP contribution in [0.15, 0.2) is 36.7 Å². The van der Waals surface area contributed by atoms with E-state index in [0.717, 1.165) is 29.2 Å². The third-order valence-corrected chi connectivity index (χ3v) is 3.51. The topological polar surface area (TPSA) is 33.1 Å². The molecule has 0 spiro atoms. The lowest BCUT2D eigenvalue weighted by molar-refractivity contribution is 0.104. The first-order valence-electron chi connectivity index (χ1n) is 6.28. The number of aliphatic hydroxyl groups is 1. The summed E-state index contributed by atoms with van der Waals surface area (Å²) in [5.41, 5.74) is 0.955. The summed E-state index contributed by atoms with van der Waals surface area (Å²) in [6, 6.07) is 8.09. The van der Waals surface area contributed by atoms with Crippen LogP contribution < -0.4 is 0 Å². The molecule has 1 aromatic heterocycles. The smallest absolute Gasteiger partial charge is 0.0838 e. The Balaban J connectivity index is 2.47. The molecule has 1 unspecified atom stereocenters. The van der Waals surface area contributed by atoms with E-state index in [1.165, 1.54) is 0 Å². The van der Waals surface area contributed by atoms with Crippen molar-refractivity contribution in [1.29, 1.82) is 0 Å². The van der Waals surface area contributed by atoms with Gasteiger partial charge in [-0.15, -0.1) is 0 Å². The Kier molecular flexibility index (Phi) is 3.75. The van der Waals surface area contributed by atoms with Gasteiger partial charge in [0.2, 0.25) is 0 Å². The molecule has 0 aliphatic heterocycles. The second-order valence-electron chi connectivity index (χ2n) is 4.47. The molecule has 0 aliphatic rings. The monoisotopic (exact) mass is 229 g/mol. The van der Waals surface area contributed by atoms with Gasteiger partial charge in [0.15, 0.2) is 0 Å². The number of rotatable bonds is 4. The van der Waals surface area contributed by atoms with Gasteiger partial charge < -0.3 is 5.11 Å². The van der Waals surface area contributed by atoms with Crippen LogP contribution in [0.5, 0.6) is 0 Å². The Morgan fingerprint density at radius 2 is 1.82 bits per heavy atom. The van der Waals surface area contributed by atoms with Crippen molar-refractivity contribution in [3.05, 3.63) is 42.2 Å². The Labute approximate surface area is 102 Å². The van der Waals surface area contributed by atoms with Gasteiger partial charge in [0.25, 0.3) is 0 Å². The maximum atomic E-state index is 10.4. The number of nitrogens with zero attached hydrogens (tertiary/aromatic N) is 1. The van der Waals surface area contributed by atoms with Crippen molar-refractivity contribution >= 4 is 10.8 Å². The summed E-state index contributed by atoms with van der Waals surface area (Å²) in [6.07, 6.45) is 5.20. The molecule has 2 nitrogen and oxygen atoms in total. The zero-order chi connectivity index (χ0) is 12.3. The molecule has 1 aromatic carbocycles. The molecule has 0 radical (unpaired) electrons. The van der Waals surface area contributed by atoms with Gasteiger partial charge >= 0.3 is 0 Å². The van der Waals surface area contributed by atoms with Crippen molar-refractivity contribution < 1.29 is 5.11 Å². The lowest BCUT2D eigenvalue weighted by Gasteiger charge is -2.21. The van der Waals surface area contributed by atoms with Crippen molar-refractivity contribution in [3.8, 4) is 0 Å². The Hall–Kier alpha value is -1.41. The van der Waals surface area contributed by atoms with E-state index >= 15 is 0 Å². The predicted octanol–water partition coefficient (Wildman–Crippen LogP) is 3.70. The Morgan fingerprint density at radius 1 is 1.12 bits per heavy atom. The van der Waals surface area contributed by atoms with Gasteiger partial charge in [-0.1, -0.05) is 51.0 Å². The van der Waals surface area contributed by atoms with E-state index in [1.54, 1.807) is 6.20 Å². The highest BCUT2D eigenvalue weighted by Gasteiger charge is 2.19. The number of fused-ring (bicyclic) bond motifs is 1. The summed E-state index contributed by atoms with van der Waals surface area (Å²) in [4.78, 5) is 4.22. The molecule has 2 aromatic rings. The van der Waals surface area contributed by atoms with Crippen molar-refractivity contribution in [2.45, 2.75) is 32.8 Å². The highest BCUT2D eigenvalue weighted by atomic mass is 16.3. The van der Waals surface area contributed by atoms with Gasteiger partial charge in [-0.2, -0.15) is 0 Å². The zero-order valence-corrected chi connectivity index (χ0v) is 10.4. The minimum atomic E-state index is -0.413. The maximum absolute atomic E-state index is 10.4. The fourth-order valence-electron chi connectivity index (χ4n) is 2.36. The fraction of sp³-hybridized carbons (Fsp3) is 0.400. The summed E-state index contributed by atoms with van der Waals surface area (Å²) < 4.78 is 0. The standard InChI is InChI=1S/C15H19NO/c1-3-11(4-2)15(17)14-10-16-9-12-7-5-6-8-13(12)14/h5-11,15,17H,3-4H2,1-2H3. The lowest BCUT2D eigenvalue weighted by Crippen LogP contribution is -2.11. The molecule has 2 heteroatoms. The maximum Gasteiger partial charge on any atom is 0.0838 e. The van der Waals surface area contributed by atoms with Crippen LogP contribution in [0, 0.1) is 5.92 Å². The van der Waals surface area contributed by atoms with Gasteiger partial charge in [0.1, 0.15) is 0 Å². The van der Waals surface area contributed by atoms with Crippen molar-refractivity contribution in [1.82, 2.24) is 4.98 Å². The van der Waals surface area contributed by atoms with Crippen LogP contribution in [-0.2, 0) is 0 Å². The normalized spacial score (nSPS) is 13.2. The molecule has 90 valence electrons. The molecule has 0 bridgehead atoms. The average molecular weight is 229 g/mol. The second kappa shape index (κ2) is 5.28. The van der Waals surface area contributed by atoms with E-state index in [-0.39, 0.29) is 0 Å². The van der Waals surface area contributed by atoms with Gasteiger partial charge in [-0.05, 0) is 11.3 Å². The van der Waals surface area contributed by atoms with Crippen molar-refractivity contribution in [2.24, 2.45) is 5.92 Å². The van der Waals surface area contributed by atoms with Crippen molar-refractivity contribution in [3.63, 3.8) is 0 Å². The first-order chi connectivity index (χ1) is 8.27. The largest absolute Gasteiger partial charge is 0.388 e. The summed E-state index contributed by atoms with van der Waals surface area (Å²) in [5.74, 6) is 0.308. The predicted molar refractivity (Wildman–Crippen MR) is 70.8 cm³/mol. The molecule has 2 rings (SSSR count). The molecule has 0 fully saturated rings. The number of aromatic nitrogens is 1. The number of hydrogen-bond acceptors (Lipinski definition) is 2. The molecule has 1 atom stereocenters. The van der Waals surface area contributed by atoms with Crippen molar-refractivity contribution in [2.75, 3.05) is 0 Å². The number of aliphatic hydroxyl groups excluding tert-OH is 1. The fourth-order valence-corrected chi connectivity index (χ4v) is 2.36. The molecular formula is C15H19NO. The minimum Gasteiger partial charge on any atom is -0.388 e. The Bertz CT molecular complexity index is 486. The summed E-state index contributed by atoms with van der Waals surface area (Å²) in [6.45, 7) is 4.24. The first-order valence-corrected chi connectivity index (χ1v) is 6.28. The first kappa shape index (κ1) is 12.1. The van der Waals surface area contributed by atoms with Crippen LogP contribution in [-0.4, -0.2) is 10.1 Å². The van der Waals surface area contributed by atoms with E-state index in [4.69, 9.17) is 0 Å². The lowest BCUT2D eigenvalue weighted by atomic mass is 9.90. The third kappa shape index (κ3) is 2.32. The third-order valence-electron chi connectivity index (χ3n) is 3.51. The summed E-state index contributed by atoms with van der Waals surface area (Å²) in [5, 5.41) is 12.6. The second-order valence-corrected chi connectivity index (χ2v) is 4.47. The van der Waals surface area contributed by atoms with Gasteiger partial charge in [-0.3, -0.25) is 4.98 Å². The zero-order valence-electron chi connectivity index (χ0n) is 10.4. The number of hydrogen-bond donors (Lipinski definition) is 1. The molecule has 0 saturated carbocycles. The quantitative estimate of drug-likeness (QED) is 0.867. The average Bonchev–Trinajstić information content (AvgIpc) is 2.39. The molecule has 0 amide bonds. The van der Waals surface area contributed by atoms with E-state index in [0.29, 0.717) is 5.92 Å². The highest BCUT2D eigenvalue weighted by Crippen LogP contribution is 2.31. The van der Waals surface area contributed by atoms with Crippen LogP contribution in [0.3, 0.4) is 0 Å². The van der Waals surface area contributed by atoms with Gasteiger partial charge in [0.05, 0.1) is 6.10 Å². The number of pyridine rings is 1. The van der Waals surface area contributed by atoms with Crippen LogP contribution >= 0.6 is 0 Å². The molecule has 17 heavy (non-hydrogen) atoms. The highest BCUT2D eigenvalue weighted by molar-refractivity contribution is 5.84. The summed E-state index contributed by atoms with van der Waals surface area (Å²) >= 11 is 0. The minimum absolute atomic E-state index is 0.308. The van der Waals surface area contributed by atoms with Crippen LogP contribution in [0.1, 0.15) is 38.4 Å². The SMILES string of the molecule is CCC(CC)C(O)c1cncc2ccccc12. The van der Waals surface area contributed by atoms with Gasteiger partial charge in [-0.25, -0.2) is 0 Å². The molecule has 0 saturated heterocycles. The molecule has 1 heterocycles. The van der Waals surface area contributed by atoms with Crippen LogP contribution in [0.25, 0.3) is 10.8 Å². The van der Waals surface area contributed by atoms with E-state index in [2.05, 4.69) is 24.9 Å². The molecular weight excluding hydrogens is 210 g/mol.